The van der Waals surface area contributed by atoms with Crippen molar-refractivity contribution in [3.63, 3.8) is 0 Å². The first-order chi connectivity index (χ1) is 15.7. The van der Waals surface area contributed by atoms with E-state index in [1.165, 1.54) is 39.8 Å². The molecule has 0 bridgehead atoms. The first-order valence-electron chi connectivity index (χ1n) is 9.91. The Labute approximate surface area is 193 Å². The Morgan fingerprint density at radius 3 is 2.45 bits per heavy atom. The van der Waals surface area contributed by atoms with E-state index in [9.17, 15) is 14.0 Å². The molecule has 0 aliphatic rings. The van der Waals surface area contributed by atoms with Crippen LogP contribution in [0.15, 0.2) is 60.9 Å². The Kier molecular flexibility index (Phi) is 5.97. The van der Waals surface area contributed by atoms with Crippen LogP contribution in [-0.4, -0.2) is 38.5 Å². The summed E-state index contributed by atoms with van der Waals surface area (Å²) in [7, 11) is 1.62. The van der Waals surface area contributed by atoms with E-state index in [1.54, 1.807) is 44.4 Å². The Balaban J connectivity index is 1.88. The minimum absolute atomic E-state index is 0.200. The van der Waals surface area contributed by atoms with E-state index in [0.29, 0.717) is 27.5 Å². The quantitative estimate of drug-likeness (QED) is 0.439. The molecule has 8 nitrogen and oxygen atoms in total. The van der Waals surface area contributed by atoms with Crippen molar-refractivity contribution in [3.05, 3.63) is 83.0 Å². The molecule has 33 heavy (non-hydrogen) atoms. The van der Waals surface area contributed by atoms with Gasteiger partial charge in [-0.3, -0.25) is 9.20 Å². The molecule has 0 fully saturated rings. The smallest absolute Gasteiger partial charge is 0.405 e. The summed E-state index contributed by atoms with van der Waals surface area (Å²) in [6.45, 7) is 1.66. The molecule has 4 aromatic rings. The molecule has 0 saturated heterocycles. The number of nitrogens with zero attached hydrogens (tertiary/aromatic N) is 4. The van der Waals surface area contributed by atoms with Crippen molar-refractivity contribution in [2.75, 3.05) is 11.9 Å². The third-order valence-corrected chi connectivity index (χ3v) is 5.43. The second kappa shape index (κ2) is 8.87. The molecule has 4 rings (SSSR count). The lowest BCUT2D eigenvalue weighted by Gasteiger charge is -2.18. The lowest BCUT2D eigenvalue weighted by molar-refractivity contribution is 0.0988. The summed E-state index contributed by atoms with van der Waals surface area (Å²) >= 11 is 5.97. The predicted octanol–water partition coefficient (Wildman–Crippen LogP) is 4.79. The van der Waals surface area contributed by atoms with Crippen LogP contribution in [0.3, 0.4) is 0 Å². The van der Waals surface area contributed by atoms with Gasteiger partial charge in [0.1, 0.15) is 17.2 Å². The maximum atomic E-state index is 13.6. The highest BCUT2D eigenvalue weighted by Gasteiger charge is 2.25. The van der Waals surface area contributed by atoms with Crippen molar-refractivity contribution in [2.24, 2.45) is 0 Å². The van der Waals surface area contributed by atoms with Gasteiger partial charge in [-0.2, -0.15) is 0 Å². The molecule has 0 aliphatic heterocycles. The lowest BCUT2D eigenvalue weighted by atomic mass is 10.1. The van der Waals surface area contributed by atoms with Gasteiger partial charge in [0.05, 0.1) is 6.04 Å². The standard InChI is InChI=1S/C23H19ClFN5O3/c1-13(27-23(32)33)15-11-26-22-28-19(14-3-7-17(25)8-4-14)20(30(22)12-15)21(31)29(2)18-9-5-16(24)6-10-18/h3-13,27H,1-2H3,(H,32,33). The first kappa shape index (κ1) is 22.2. The molecule has 1 atom stereocenters. The van der Waals surface area contributed by atoms with Crippen LogP contribution in [0.5, 0.6) is 0 Å². The number of nitrogens with one attached hydrogen (secondary N) is 1. The summed E-state index contributed by atoms with van der Waals surface area (Å²) < 4.78 is 15.0. The number of anilines is 1. The van der Waals surface area contributed by atoms with Crippen molar-refractivity contribution in [2.45, 2.75) is 13.0 Å². The molecule has 2 N–H and O–H groups in total. The zero-order valence-electron chi connectivity index (χ0n) is 17.7. The molecule has 2 aromatic carbocycles. The van der Waals surface area contributed by atoms with Gasteiger partial charge in [0, 0.05) is 41.3 Å². The summed E-state index contributed by atoms with van der Waals surface area (Å²) in [6.07, 6.45) is 1.93. The van der Waals surface area contributed by atoms with Gasteiger partial charge >= 0.3 is 6.09 Å². The van der Waals surface area contributed by atoms with Crippen LogP contribution >= 0.6 is 11.6 Å². The average Bonchev–Trinajstić information content (AvgIpc) is 3.17. The van der Waals surface area contributed by atoms with Crippen LogP contribution in [0.25, 0.3) is 17.0 Å². The zero-order valence-corrected chi connectivity index (χ0v) is 18.4. The minimum Gasteiger partial charge on any atom is -0.465 e. The number of aromatic nitrogens is 3. The van der Waals surface area contributed by atoms with Crippen molar-refractivity contribution in [1.29, 1.82) is 0 Å². The van der Waals surface area contributed by atoms with E-state index < -0.39 is 18.0 Å². The molecule has 2 amide bonds. The van der Waals surface area contributed by atoms with Gasteiger partial charge < -0.3 is 15.3 Å². The lowest BCUT2D eigenvalue weighted by Crippen LogP contribution is -2.28. The Hall–Kier alpha value is -3.98. The summed E-state index contributed by atoms with van der Waals surface area (Å²) in [5, 5.41) is 11.9. The largest absolute Gasteiger partial charge is 0.465 e. The van der Waals surface area contributed by atoms with Gasteiger partial charge in [-0.1, -0.05) is 11.6 Å². The molecule has 2 aromatic heterocycles. The molecular formula is C23H19ClFN5O3. The molecule has 0 saturated carbocycles. The molecule has 0 aliphatic carbocycles. The monoisotopic (exact) mass is 467 g/mol. The maximum Gasteiger partial charge on any atom is 0.405 e. The summed E-state index contributed by atoms with van der Waals surface area (Å²) in [4.78, 5) is 35.0. The van der Waals surface area contributed by atoms with Crippen LogP contribution in [0.2, 0.25) is 5.02 Å². The van der Waals surface area contributed by atoms with Crippen LogP contribution in [0, 0.1) is 5.82 Å². The van der Waals surface area contributed by atoms with Crippen molar-refractivity contribution < 1.29 is 19.1 Å². The second-order valence-electron chi connectivity index (χ2n) is 7.38. The van der Waals surface area contributed by atoms with E-state index in [-0.39, 0.29) is 17.4 Å². The van der Waals surface area contributed by atoms with Gasteiger partial charge in [0.25, 0.3) is 5.91 Å². The number of hydrogen-bond acceptors (Lipinski definition) is 4. The van der Waals surface area contributed by atoms with Crippen molar-refractivity contribution in [3.8, 4) is 11.3 Å². The first-order valence-corrected chi connectivity index (χ1v) is 10.3. The fraction of sp³-hybridized carbons (Fsp3) is 0.130. The van der Waals surface area contributed by atoms with Crippen LogP contribution in [0.4, 0.5) is 14.9 Å². The highest BCUT2D eigenvalue weighted by atomic mass is 35.5. The molecular weight excluding hydrogens is 449 g/mol. The topological polar surface area (TPSA) is 99.8 Å². The summed E-state index contributed by atoms with van der Waals surface area (Å²) in [6, 6.07) is 11.8. The third kappa shape index (κ3) is 4.49. The van der Waals surface area contributed by atoms with E-state index in [1.807, 2.05) is 0 Å². The van der Waals surface area contributed by atoms with Crippen molar-refractivity contribution in [1.82, 2.24) is 19.7 Å². The highest BCUT2D eigenvalue weighted by molar-refractivity contribution is 6.30. The summed E-state index contributed by atoms with van der Waals surface area (Å²) in [5.41, 5.74) is 2.20. The van der Waals surface area contributed by atoms with Gasteiger partial charge in [-0.25, -0.2) is 19.2 Å². The van der Waals surface area contributed by atoms with E-state index in [0.717, 1.165) is 0 Å². The average molecular weight is 468 g/mol. The number of carbonyl (C=O) groups is 2. The number of halogens is 2. The maximum absolute atomic E-state index is 13.6. The second-order valence-corrected chi connectivity index (χ2v) is 7.82. The fourth-order valence-corrected chi connectivity index (χ4v) is 3.52. The van der Waals surface area contributed by atoms with Gasteiger partial charge in [0.2, 0.25) is 5.78 Å². The third-order valence-electron chi connectivity index (χ3n) is 5.18. The molecule has 10 heteroatoms. The van der Waals surface area contributed by atoms with Gasteiger partial charge in [-0.15, -0.1) is 0 Å². The zero-order chi connectivity index (χ0) is 23.7. The number of fused-ring (bicyclic) bond motifs is 1. The van der Waals surface area contributed by atoms with E-state index in [4.69, 9.17) is 16.7 Å². The number of carboxylic acid groups (broad SMARTS) is 1. The molecule has 168 valence electrons. The number of amides is 2. The predicted molar refractivity (Wildman–Crippen MR) is 122 cm³/mol. The molecule has 0 spiro atoms. The Bertz CT molecular complexity index is 1340. The fourth-order valence-electron chi connectivity index (χ4n) is 3.40. The number of rotatable bonds is 5. The number of hydrogen-bond donors (Lipinski definition) is 2. The normalized spacial score (nSPS) is 11.9. The summed E-state index contributed by atoms with van der Waals surface area (Å²) in [5.74, 6) is -0.557. The SMILES string of the molecule is CC(NC(=O)O)c1cnc2nc(-c3ccc(F)cc3)c(C(=O)N(C)c3ccc(Cl)cc3)n2c1. The van der Waals surface area contributed by atoms with Crippen LogP contribution in [-0.2, 0) is 0 Å². The van der Waals surface area contributed by atoms with Crippen LogP contribution < -0.4 is 10.2 Å². The van der Waals surface area contributed by atoms with Crippen LogP contribution in [0.1, 0.15) is 29.0 Å². The minimum atomic E-state index is -1.18. The number of imidazole rings is 1. The van der Waals surface area contributed by atoms with Gasteiger partial charge in [-0.05, 0) is 55.5 Å². The number of carbonyl (C=O) groups excluding carboxylic acids is 1. The van der Waals surface area contributed by atoms with E-state index in [2.05, 4.69) is 15.3 Å². The highest BCUT2D eigenvalue weighted by Crippen LogP contribution is 2.28. The molecule has 2 heterocycles. The van der Waals surface area contributed by atoms with E-state index >= 15 is 0 Å². The Morgan fingerprint density at radius 1 is 1.15 bits per heavy atom. The van der Waals surface area contributed by atoms with Crippen molar-refractivity contribution >= 4 is 35.1 Å². The molecule has 0 radical (unpaired) electrons. The molecule has 1 unspecified atom stereocenters. The number of benzene rings is 2. The Morgan fingerprint density at radius 2 is 1.82 bits per heavy atom. The van der Waals surface area contributed by atoms with Gasteiger partial charge in [0.15, 0.2) is 0 Å².